The van der Waals surface area contributed by atoms with Crippen LogP contribution in [0.4, 0.5) is 5.69 Å². The lowest BCUT2D eigenvalue weighted by Crippen LogP contribution is -2.46. The average Bonchev–Trinajstić information content (AvgIpc) is 2.36. The molecule has 0 aromatic heterocycles. The molecule has 4 N–H and O–H groups in total. The van der Waals surface area contributed by atoms with Crippen LogP contribution >= 0.6 is 0 Å². The van der Waals surface area contributed by atoms with Crippen molar-refractivity contribution in [3.05, 3.63) is 29.8 Å². The van der Waals surface area contributed by atoms with Crippen molar-refractivity contribution in [2.24, 2.45) is 5.92 Å². The summed E-state index contributed by atoms with van der Waals surface area (Å²) in [5.74, 6) is 0.460. The highest BCUT2D eigenvalue weighted by Crippen LogP contribution is 2.31. The Morgan fingerprint density at radius 2 is 2.35 bits per heavy atom. The molecule has 1 aromatic carbocycles. The van der Waals surface area contributed by atoms with Crippen LogP contribution in [0.2, 0.25) is 0 Å². The van der Waals surface area contributed by atoms with Gasteiger partial charge in [0.1, 0.15) is 0 Å². The molecule has 0 heterocycles. The minimum absolute atomic E-state index is 0.0674. The van der Waals surface area contributed by atoms with Gasteiger partial charge in [-0.15, -0.1) is 0 Å². The Balaban J connectivity index is 1.83. The minimum Gasteiger partial charge on any atom is -0.399 e. The zero-order chi connectivity index (χ0) is 14.6. The Kier molecular flexibility index (Phi) is 4.65. The lowest BCUT2D eigenvalue weighted by Gasteiger charge is -2.35. The van der Waals surface area contributed by atoms with Crippen molar-refractivity contribution >= 4 is 11.6 Å². The second-order valence-corrected chi connectivity index (χ2v) is 6.12. The zero-order valence-corrected chi connectivity index (χ0v) is 12.1. The number of nitrogens with two attached hydrogens (primary N) is 1. The normalized spacial score (nSPS) is 26.2. The second-order valence-electron chi connectivity index (χ2n) is 6.12. The number of benzene rings is 1. The van der Waals surface area contributed by atoms with Gasteiger partial charge in [-0.2, -0.15) is 0 Å². The molecule has 4 nitrogen and oxygen atoms in total. The van der Waals surface area contributed by atoms with Gasteiger partial charge in [0.15, 0.2) is 0 Å². The van der Waals surface area contributed by atoms with Crippen LogP contribution < -0.4 is 11.1 Å². The van der Waals surface area contributed by atoms with Gasteiger partial charge in [-0.3, -0.25) is 4.79 Å². The maximum atomic E-state index is 11.9. The van der Waals surface area contributed by atoms with Gasteiger partial charge in [0.25, 0.3) is 0 Å². The predicted octanol–water partition coefficient (Wildman–Crippen LogP) is 1.87. The molecule has 2 rings (SSSR count). The van der Waals surface area contributed by atoms with Gasteiger partial charge in [-0.1, -0.05) is 31.9 Å². The molecule has 2 atom stereocenters. The fraction of sp³-hybridized carbons (Fsp3) is 0.562. The summed E-state index contributed by atoms with van der Waals surface area (Å²) in [6, 6.07) is 7.33. The first-order chi connectivity index (χ1) is 9.47. The molecule has 0 saturated heterocycles. The van der Waals surface area contributed by atoms with Crippen molar-refractivity contribution in [2.45, 2.75) is 44.6 Å². The summed E-state index contributed by atoms with van der Waals surface area (Å²) in [6.07, 6.45) is 4.04. The smallest absolute Gasteiger partial charge is 0.224 e. The Hall–Kier alpha value is -1.55. The number of hydrogen-bond acceptors (Lipinski definition) is 3. The van der Waals surface area contributed by atoms with Gasteiger partial charge in [0, 0.05) is 12.2 Å². The number of hydrogen-bond donors (Lipinski definition) is 3. The molecule has 1 aromatic rings. The molecule has 1 amide bonds. The van der Waals surface area contributed by atoms with Crippen molar-refractivity contribution in [2.75, 3.05) is 12.3 Å². The summed E-state index contributed by atoms with van der Waals surface area (Å²) in [6.45, 7) is 2.50. The van der Waals surface area contributed by atoms with Gasteiger partial charge < -0.3 is 16.2 Å². The molecular formula is C16H24N2O2. The van der Waals surface area contributed by atoms with Gasteiger partial charge in [0.2, 0.25) is 5.91 Å². The quantitative estimate of drug-likeness (QED) is 0.735. The van der Waals surface area contributed by atoms with Crippen molar-refractivity contribution < 1.29 is 9.90 Å². The van der Waals surface area contributed by atoms with E-state index in [9.17, 15) is 9.90 Å². The van der Waals surface area contributed by atoms with Crippen molar-refractivity contribution in [1.82, 2.24) is 5.32 Å². The van der Waals surface area contributed by atoms with Crippen molar-refractivity contribution in [1.29, 1.82) is 0 Å². The SMILES string of the molecule is CC1CCCC(O)(CNC(=O)Cc2cccc(N)c2)C1. The largest absolute Gasteiger partial charge is 0.399 e. The lowest BCUT2D eigenvalue weighted by molar-refractivity contribution is -0.122. The van der Waals surface area contributed by atoms with E-state index >= 15 is 0 Å². The van der Waals surface area contributed by atoms with Crippen LogP contribution in [0.3, 0.4) is 0 Å². The second kappa shape index (κ2) is 6.27. The maximum absolute atomic E-state index is 11.9. The summed E-state index contributed by atoms with van der Waals surface area (Å²) in [4.78, 5) is 11.9. The van der Waals surface area contributed by atoms with Crippen LogP contribution in [-0.2, 0) is 11.2 Å². The summed E-state index contributed by atoms with van der Waals surface area (Å²) in [5, 5.41) is 13.3. The fourth-order valence-corrected chi connectivity index (χ4v) is 3.01. The first-order valence-corrected chi connectivity index (χ1v) is 7.30. The van der Waals surface area contributed by atoms with Gasteiger partial charge >= 0.3 is 0 Å². The number of aliphatic hydroxyl groups is 1. The molecule has 0 radical (unpaired) electrons. The monoisotopic (exact) mass is 276 g/mol. The van der Waals surface area contributed by atoms with E-state index in [4.69, 9.17) is 5.73 Å². The zero-order valence-electron chi connectivity index (χ0n) is 12.1. The first-order valence-electron chi connectivity index (χ1n) is 7.30. The average molecular weight is 276 g/mol. The molecule has 0 spiro atoms. The molecule has 1 saturated carbocycles. The first kappa shape index (κ1) is 14.9. The summed E-state index contributed by atoms with van der Waals surface area (Å²) < 4.78 is 0. The molecule has 20 heavy (non-hydrogen) atoms. The maximum Gasteiger partial charge on any atom is 0.224 e. The highest BCUT2D eigenvalue weighted by molar-refractivity contribution is 5.78. The third-order valence-electron chi connectivity index (χ3n) is 4.00. The number of carbonyl (C=O) groups excluding carboxylic acids is 1. The number of carbonyl (C=O) groups is 1. The highest BCUT2D eigenvalue weighted by Gasteiger charge is 2.32. The summed E-state index contributed by atoms with van der Waals surface area (Å²) in [5.41, 5.74) is 6.51. The number of nitrogens with one attached hydrogen (secondary N) is 1. The standard InChI is InChI=1S/C16H24N2O2/c1-12-4-3-7-16(20,10-12)11-18-15(19)9-13-5-2-6-14(17)8-13/h2,5-6,8,12,20H,3-4,7,9-11,17H2,1H3,(H,18,19). The van der Waals surface area contributed by atoms with Gasteiger partial charge in [-0.25, -0.2) is 0 Å². The van der Waals surface area contributed by atoms with Crippen LogP contribution in [0.5, 0.6) is 0 Å². The molecule has 110 valence electrons. The van der Waals surface area contributed by atoms with Crippen molar-refractivity contribution in [3.8, 4) is 0 Å². The molecule has 1 aliphatic carbocycles. The Morgan fingerprint density at radius 1 is 1.55 bits per heavy atom. The molecular weight excluding hydrogens is 252 g/mol. The topological polar surface area (TPSA) is 75.3 Å². The minimum atomic E-state index is -0.733. The van der Waals surface area contributed by atoms with Crippen molar-refractivity contribution in [3.63, 3.8) is 0 Å². The molecule has 1 aliphatic rings. The number of rotatable bonds is 4. The van der Waals surface area contributed by atoms with Crippen LogP contribution in [0, 0.1) is 5.92 Å². The van der Waals surface area contributed by atoms with Gasteiger partial charge in [-0.05, 0) is 36.5 Å². The number of amides is 1. The Morgan fingerprint density at radius 3 is 3.05 bits per heavy atom. The third kappa shape index (κ3) is 4.23. The molecule has 4 heteroatoms. The fourth-order valence-electron chi connectivity index (χ4n) is 3.01. The van der Waals surface area contributed by atoms with Gasteiger partial charge in [0.05, 0.1) is 12.0 Å². The highest BCUT2D eigenvalue weighted by atomic mass is 16.3. The molecule has 0 bridgehead atoms. The third-order valence-corrected chi connectivity index (χ3v) is 4.00. The van der Waals surface area contributed by atoms with Crippen LogP contribution in [0.15, 0.2) is 24.3 Å². The molecule has 0 aliphatic heterocycles. The lowest BCUT2D eigenvalue weighted by atomic mass is 9.79. The van der Waals surface area contributed by atoms with E-state index in [2.05, 4.69) is 12.2 Å². The number of anilines is 1. The number of nitrogen functional groups attached to an aromatic ring is 1. The van der Waals surface area contributed by atoms with E-state index in [1.54, 1.807) is 12.1 Å². The van der Waals surface area contributed by atoms with Crippen LogP contribution in [-0.4, -0.2) is 23.2 Å². The van der Waals surface area contributed by atoms with E-state index < -0.39 is 5.60 Å². The Labute approximate surface area is 120 Å². The molecule has 1 fully saturated rings. The summed E-state index contributed by atoms with van der Waals surface area (Å²) >= 11 is 0. The van der Waals surface area contributed by atoms with E-state index in [1.165, 1.54) is 6.42 Å². The molecule has 2 unspecified atom stereocenters. The van der Waals surface area contributed by atoms with E-state index in [-0.39, 0.29) is 5.91 Å². The summed E-state index contributed by atoms with van der Waals surface area (Å²) in [7, 11) is 0. The van der Waals surface area contributed by atoms with Crippen LogP contribution in [0.25, 0.3) is 0 Å². The van der Waals surface area contributed by atoms with Crippen LogP contribution in [0.1, 0.15) is 38.2 Å². The Bertz CT molecular complexity index is 475. The van der Waals surface area contributed by atoms with E-state index in [1.807, 2.05) is 12.1 Å². The van der Waals surface area contributed by atoms with E-state index in [0.717, 1.165) is 24.8 Å². The van der Waals surface area contributed by atoms with E-state index in [0.29, 0.717) is 24.6 Å². The predicted molar refractivity (Wildman–Crippen MR) is 80.1 cm³/mol.